The van der Waals surface area contributed by atoms with Gasteiger partial charge in [0, 0.05) is 22.8 Å². The van der Waals surface area contributed by atoms with E-state index in [9.17, 15) is 18.7 Å². The van der Waals surface area contributed by atoms with E-state index in [1.54, 1.807) is 18.2 Å². The van der Waals surface area contributed by atoms with Gasteiger partial charge in [-0.25, -0.2) is 13.5 Å². The maximum atomic E-state index is 13.2. The summed E-state index contributed by atoms with van der Waals surface area (Å²) in [6.07, 6.45) is -2.16. The second kappa shape index (κ2) is 7.53. The first-order valence-corrected chi connectivity index (χ1v) is 8.88. The summed E-state index contributed by atoms with van der Waals surface area (Å²) in [4.78, 5) is 12.5. The monoisotopic (exact) mass is 462 g/mol. The molecule has 1 amide bonds. The summed E-state index contributed by atoms with van der Waals surface area (Å²) in [6.45, 7) is 1.39. The van der Waals surface area contributed by atoms with Crippen molar-refractivity contribution >= 4 is 39.1 Å². The summed E-state index contributed by atoms with van der Waals surface area (Å²) >= 11 is 9.34. The van der Waals surface area contributed by atoms with Gasteiger partial charge in [0.1, 0.15) is 5.75 Å². The predicted octanol–water partition coefficient (Wildman–Crippen LogP) is 3.51. The molecule has 0 saturated heterocycles. The molecule has 11 heteroatoms. The van der Waals surface area contributed by atoms with Crippen LogP contribution in [0.1, 0.15) is 23.8 Å². The van der Waals surface area contributed by atoms with E-state index in [-0.39, 0.29) is 18.1 Å². The lowest BCUT2D eigenvalue weighted by Gasteiger charge is -2.29. The Balaban J connectivity index is 1.72. The van der Waals surface area contributed by atoms with Crippen molar-refractivity contribution in [2.75, 3.05) is 0 Å². The van der Waals surface area contributed by atoms with Crippen LogP contribution in [0, 0.1) is 0 Å². The minimum atomic E-state index is -3.17. The van der Waals surface area contributed by atoms with Gasteiger partial charge >= 0.3 is 0 Å². The first-order valence-electron chi connectivity index (χ1n) is 7.71. The minimum Gasteiger partial charge on any atom is -0.470 e. The van der Waals surface area contributed by atoms with E-state index in [4.69, 9.17) is 16.3 Å². The van der Waals surface area contributed by atoms with Gasteiger partial charge in [0.15, 0.2) is 12.4 Å². The molecule has 2 aromatic rings. The number of hydrazone groups is 1. The van der Waals surface area contributed by atoms with Crippen molar-refractivity contribution < 1.29 is 23.4 Å². The smallest absolute Gasteiger partial charge is 0.297 e. The SMILES string of the molecule is CC1=NN(C(=O)c2ccn(COc3ccc(Br)cc3Cl)n2)[C@](O)(C(F)F)C1. The first kappa shape index (κ1) is 19.7. The summed E-state index contributed by atoms with van der Waals surface area (Å²) < 4.78 is 34.1. The van der Waals surface area contributed by atoms with Gasteiger partial charge in [-0.15, -0.1) is 0 Å². The second-order valence-corrected chi connectivity index (χ2v) is 7.22. The number of ether oxygens (including phenoxy) is 1. The van der Waals surface area contributed by atoms with Crippen molar-refractivity contribution in [3.63, 3.8) is 0 Å². The lowest BCUT2D eigenvalue weighted by molar-refractivity contribution is -0.164. The Bertz CT molecular complexity index is 908. The Morgan fingerprint density at radius 3 is 2.89 bits per heavy atom. The molecule has 7 nitrogen and oxygen atoms in total. The molecule has 0 fully saturated rings. The summed E-state index contributed by atoms with van der Waals surface area (Å²) in [7, 11) is 0. The Labute approximate surface area is 166 Å². The number of amides is 1. The molecule has 0 radical (unpaired) electrons. The van der Waals surface area contributed by atoms with Crippen molar-refractivity contribution in [1.82, 2.24) is 14.8 Å². The van der Waals surface area contributed by atoms with E-state index in [0.29, 0.717) is 15.8 Å². The zero-order valence-corrected chi connectivity index (χ0v) is 16.3. The number of hydrogen-bond acceptors (Lipinski definition) is 5. The Hall–Kier alpha value is -2.04. The van der Waals surface area contributed by atoms with Crippen LogP contribution in [0.2, 0.25) is 5.02 Å². The lowest BCUT2D eigenvalue weighted by atomic mass is 10.1. The van der Waals surface area contributed by atoms with Crippen LogP contribution in [0.5, 0.6) is 5.75 Å². The molecule has 1 aliphatic heterocycles. The van der Waals surface area contributed by atoms with Crippen LogP contribution in [0.3, 0.4) is 0 Å². The summed E-state index contributed by atoms with van der Waals surface area (Å²) in [5.74, 6) is -0.523. The zero-order valence-electron chi connectivity index (χ0n) is 13.9. The predicted molar refractivity (Wildman–Crippen MR) is 96.9 cm³/mol. The Kier molecular flexibility index (Phi) is 5.50. The molecule has 0 aliphatic carbocycles. The molecule has 2 heterocycles. The number of rotatable bonds is 5. The van der Waals surface area contributed by atoms with E-state index in [1.807, 2.05) is 0 Å². The Morgan fingerprint density at radius 1 is 1.48 bits per heavy atom. The number of aliphatic hydroxyl groups is 1. The lowest BCUT2D eigenvalue weighted by Crippen LogP contribution is -2.51. The van der Waals surface area contributed by atoms with Gasteiger partial charge in [-0.05, 0) is 31.2 Å². The fourth-order valence-electron chi connectivity index (χ4n) is 2.52. The van der Waals surface area contributed by atoms with Crippen LogP contribution < -0.4 is 4.74 Å². The van der Waals surface area contributed by atoms with Gasteiger partial charge in [0.25, 0.3) is 12.3 Å². The first-order chi connectivity index (χ1) is 12.7. The molecular weight excluding hydrogens is 450 g/mol. The number of aromatic nitrogens is 2. The highest BCUT2D eigenvalue weighted by Crippen LogP contribution is 2.32. The van der Waals surface area contributed by atoms with Gasteiger partial charge in [-0.2, -0.15) is 15.2 Å². The number of nitrogens with zero attached hydrogens (tertiary/aromatic N) is 4. The van der Waals surface area contributed by atoms with Gasteiger partial charge in [0.05, 0.1) is 5.02 Å². The van der Waals surface area contributed by atoms with Gasteiger partial charge in [-0.1, -0.05) is 27.5 Å². The van der Waals surface area contributed by atoms with Gasteiger partial charge < -0.3 is 9.84 Å². The normalized spacial score (nSPS) is 19.5. The number of alkyl halides is 2. The fourth-order valence-corrected chi connectivity index (χ4v) is 3.25. The molecule has 0 saturated carbocycles. The van der Waals surface area contributed by atoms with E-state index >= 15 is 0 Å². The molecule has 0 spiro atoms. The van der Waals surface area contributed by atoms with Crippen LogP contribution in [0.4, 0.5) is 8.78 Å². The van der Waals surface area contributed by atoms with E-state index < -0.39 is 24.5 Å². The Morgan fingerprint density at radius 2 is 2.22 bits per heavy atom. The quantitative estimate of drug-likeness (QED) is 0.736. The van der Waals surface area contributed by atoms with Crippen molar-refractivity contribution in [2.45, 2.75) is 32.2 Å². The van der Waals surface area contributed by atoms with Gasteiger partial charge in [-0.3, -0.25) is 4.79 Å². The van der Waals surface area contributed by atoms with E-state index in [0.717, 1.165) is 4.47 Å². The molecule has 1 aromatic heterocycles. The summed E-state index contributed by atoms with van der Waals surface area (Å²) in [5, 5.41) is 18.6. The number of benzene rings is 1. The largest absolute Gasteiger partial charge is 0.470 e. The minimum absolute atomic E-state index is 0.0595. The topological polar surface area (TPSA) is 80.0 Å². The number of carbonyl (C=O) groups excluding carboxylic acids is 1. The van der Waals surface area contributed by atoms with Crippen LogP contribution >= 0.6 is 27.5 Å². The van der Waals surface area contributed by atoms with Crippen LogP contribution in [0.25, 0.3) is 0 Å². The molecule has 3 rings (SSSR count). The average molecular weight is 464 g/mol. The molecule has 27 heavy (non-hydrogen) atoms. The molecule has 1 N–H and O–H groups in total. The van der Waals surface area contributed by atoms with Crippen molar-refractivity contribution in [3.8, 4) is 5.75 Å². The highest BCUT2D eigenvalue weighted by Gasteiger charge is 2.51. The number of halogens is 4. The third-order valence-corrected chi connectivity index (χ3v) is 4.59. The molecule has 0 unspecified atom stereocenters. The average Bonchev–Trinajstić information content (AvgIpc) is 3.18. The second-order valence-electron chi connectivity index (χ2n) is 5.90. The highest BCUT2D eigenvalue weighted by atomic mass is 79.9. The number of carbonyl (C=O) groups is 1. The highest BCUT2D eigenvalue weighted by molar-refractivity contribution is 9.10. The third-order valence-electron chi connectivity index (χ3n) is 3.80. The number of hydrogen-bond donors (Lipinski definition) is 1. The maximum absolute atomic E-state index is 13.2. The molecule has 0 bridgehead atoms. The molecule has 1 aromatic carbocycles. The molecule has 1 aliphatic rings. The zero-order chi connectivity index (χ0) is 19.8. The summed E-state index contributed by atoms with van der Waals surface area (Å²) in [6, 6.07) is 6.39. The molecule has 1 atom stereocenters. The maximum Gasteiger partial charge on any atom is 0.297 e. The third kappa shape index (κ3) is 3.97. The van der Waals surface area contributed by atoms with Crippen molar-refractivity contribution in [1.29, 1.82) is 0 Å². The molecule has 144 valence electrons. The standard InChI is InChI=1S/C16H14BrClF2N4O3/c1-9-7-16(26,15(19)20)24(21-9)14(25)12-4-5-23(22-12)8-27-13-3-2-10(17)6-11(13)18/h2-6,15,26H,7-8H2,1H3/t16-/m1/s1. The molecular formula is C16H14BrClF2N4O3. The van der Waals surface area contributed by atoms with E-state index in [1.165, 1.54) is 23.9 Å². The van der Waals surface area contributed by atoms with Crippen LogP contribution in [-0.2, 0) is 6.73 Å². The fraction of sp³-hybridized carbons (Fsp3) is 0.312. The van der Waals surface area contributed by atoms with Crippen LogP contribution in [0.15, 0.2) is 40.0 Å². The van der Waals surface area contributed by atoms with Crippen molar-refractivity contribution in [3.05, 3.63) is 45.7 Å². The van der Waals surface area contributed by atoms with E-state index in [2.05, 4.69) is 26.1 Å². The van der Waals surface area contributed by atoms with Crippen LogP contribution in [-0.4, -0.2) is 43.7 Å². The summed E-state index contributed by atoms with van der Waals surface area (Å²) in [5.41, 5.74) is -2.61. The van der Waals surface area contributed by atoms with Crippen molar-refractivity contribution in [2.24, 2.45) is 5.10 Å². The van der Waals surface area contributed by atoms with Gasteiger partial charge in [0.2, 0.25) is 5.72 Å².